The van der Waals surface area contributed by atoms with Gasteiger partial charge >= 0.3 is 0 Å². The largest absolute Gasteiger partial charge is 0.373 e. The lowest BCUT2D eigenvalue weighted by atomic mass is 10.2. The maximum atomic E-state index is 12.3. The van der Waals surface area contributed by atoms with Crippen molar-refractivity contribution in [3.05, 3.63) is 64.0 Å². The first-order valence-electron chi connectivity index (χ1n) is 7.39. The molecule has 0 bridgehead atoms. The van der Waals surface area contributed by atoms with Crippen molar-refractivity contribution in [3.63, 3.8) is 0 Å². The molecule has 2 N–H and O–H groups in total. The average Bonchev–Trinajstić information content (AvgIpc) is 3.01. The van der Waals surface area contributed by atoms with E-state index in [4.69, 9.17) is 11.6 Å². The highest BCUT2D eigenvalue weighted by atomic mass is 35.5. The molecule has 4 nitrogen and oxygen atoms in total. The van der Waals surface area contributed by atoms with Crippen molar-refractivity contribution in [1.29, 1.82) is 0 Å². The molecule has 0 aliphatic rings. The molecule has 0 fully saturated rings. The summed E-state index contributed by atoms with van der Waals surface area (Å²) in [6.45, 7) is 2.07. The number of pyridine rings is 1. The van der Waals surface area contributed by atoms with E-state index in [2.05, 4.69) is 34.7 Å². The maximum Gasteiger partial charge on any atom is 0.256 e. The van der Waals surface area contributed by atoms with Gasteiger partial charge in [0, 0.05) is 33.0 Å². The number of rotatable bonds is 4. The summed E-state index contributed by atoms with van der Waals surface area (Å²) in [6.07, 6.45) is 0. The van der Waals surface area contributed by atoms with Crippen LogP contribution in [-0.4, -0.2) is 17.9 Å². The van der Waals surface area contributed by atoms with Gasteiger partial charge in [-0.3, -0.25) is 4.79 Å². The quantitative estimate of drug-likeness (QED) is 0.685. The Balaban J connectivity index is 1.84. The number of halogens is 1. The molecule has 3 rings (SSSR count). The smallest absolute Gasteiger partial charge is 0.256 e. The molecule has 0 unspecified atom stereocenters. The lowest BCUT2D eigenvalue weighted by molar-refractivity contribution is 0.102. The van der Waals surface area contributed by atoms with Crippen molar-refractivity contribution in [2.45, 2.75) is 6.92 Å². The van der Waals surface area contributed by atoms with E-state index < -0.39 is 0 Å². The van der Waals surface area contributed by atoms with Crippen LogP contribution < -0.4 is 10.6 Å². The number of thiophene rings is 1. The molecule has 1 amide bonds. The van der Waals surface area contributed by atoms with Crippen LogP contribution in [0, 0.1) is 6.92 Å². The fourth-order valence-electron chi connectivity index (χ4n) is 2.29. The minimum atomic E-state index is -0.221. The summed E-state index contributed by atoms with van der Waals surface area (Å²) in [6, 6.07) is 14.6. The molecule has 3 aromatic rings. The van der Waals surface area contributed by atoms with Gasteiger partial charge in [0.15, 0.2) is 0 Å². The second kappa shape index (κ2) is 7.03. The molecule has 0 saturated heterocycles. The van der Waals surface area contributed by atoms with Crippen LogP contribution in [0.1, 0.15) is 15.2 Å². The van der Waals surface area contributed by atoms with E-state index in [-0.39, 0.29) is 5.91 Å². The van der Waals surface area contributed by atoms with Gasteiger partial charge in [0.2, 0.25) is 0 Å². The number of nitrogens with one attached hydrogen (secondary N) is 2. The highest BCUT2D eigenvalue weighted by Crippen LogP contribution is 2.33. The zero-order valence-electron chi connectivity index (χ0n) is 13.3. The summed E-state index contributed by atoms with van der Waals surface area (Å²) >= 11 is 7.55. The van der Waals surface area contributed by atoms with Crippen molar-refractivity contribution in [2.24, 2.45) is 0 Å². The molecule has 0 aliphatic carbocycles. The molecule has 0 radical (unpaired) electrons. The zero-order valence-corrected chi connectivity index (χ0v) is 14.8. The molecule has 0 atom stereocenters. The zero-order chi connectivity index (χ0) is 17.1. The van der Waals surface area contributed by atoms with Crippen molar-refractivity contribution in [1.82, 2.24) is 4.98 Å². The van der Waals surface area contributed by atoms with Crippen molar-refractivity contribution < 1.29 is 4.79 Å². The van der Waals surface area contributed by atoms with Gasteiger partial charge in [0.25, 0.3) is 5.91 Å². The summed E-state index contributed by atoms with van der Waals surface area (Å²) in [5.74, 6) is 1.00. The third kappa shape index (κ3) is 3.58. The van der Waals surface area contributed by atoms with Gasteiger partial charge in [-0.05, 0) is 55.5 Å². The van der Waals surface area contributed by atoms with Gasteiger partial charge in [0.1, 0.15) is 11.6 Å². The van der Waals surface area contributed by atoms with Gasteiger partial charge in [-0.15, -0.1) is 11.3 Å². The van der Waals surface area contributed by atoms with Crippen LogP contribution in [0.3, 0.4) is 0 Å². The third-order valence-electron chi connectivity index (χ3n) is 3.49. The summed E-state index contributed by atoms with van der Waals surface area (Å²) in [5.41, 5.74) is 1.55. The standard InChI is InChI=1S/C18H16ClN3OS/c1-11-3-9-15(24-11)14-8-10-16(21-17(14)20-2)22-18(23)12-4-6-13(19)7-5-12/h3-10H,1-2H3,(H2,20,21,22,23). The Morgan fingerprint density at radius 2 is 1.83 bits per heavy atom. The first-order chi connectivity index (χ1) is 11.6. The predicted octanol–water partition coefficient (Wildman–Crippen LogP) is 5.07. The molecule has 0 spiro atoms. The van der Waals surface area contributed by atoms with Crippen LogP contribution in [0.2, 0.25) is 5.02 Å². The molecular weight excluding hydrogens is 342 g/mol. The van der Waals surface area contributed by atoms with E-state index in [0.717, 1.165) is 16.3 Å². The first kappa shape index (κ1) is 16.5. The Kier molecular flexibility index (Phi) is 4.83. The number of aromatic nitrogens is 1. The number of carbonyl (C=O) groups is 1. The molecular formula is C18H16ClN3OS. The van der Waals surface area contributed by atoms with Crippen molar-refractivity contribution in [3.8, 4) is 10.4 Å². The highest BCUT2D eigenvalue weighted by molar-refractivity contribution is 7.15. The average molecular weight is 358 g/mol. The summed E-state index contributed by atoms with van der Waals surface area (Å²) in [5, 5.41) is 6.49. The lowest BCUT2D eigenvalue weighted by Gasteiger charge is -2.10. The molecule has 1 aromatic carbocycles. The van der Waals surface area contributed by atoms with Crippen LogP contribution in [0.5, 0.6) is 0 Å². The predicted molar refractivity (Wildman–Crippen MR) is 101 cm³/mol. The summed E-state index contributed by atoms with van der Waals surface area (Å²) < 4.78 is 0. The van der Waals surface area contributed by atoms with Crippen molar-refractivity contribution >= 4 is 40.5 Å². The maximum absolute atomic E-state index is 12.3. The van der Waals surface area contributed by atoms with E-state index in [1.54, 1.807) is 41.7 Å². The van der Waals surface area contributed by atoms with E-state index in [1.165, 1.54) is 4.88 Å². The monoisotopic (exact) mass is 357 g/mol. The summed E-state index contributed by atoms with van der Waals surface area (Å²) in [4.78, 5) is 19.1. The molecule has 6 heteroatoms. The van der Waals surface area contributed by atoms with Gasteiger partial charge in [-0.25, -0.2) is 4.98 Å². The number of aryl methyl sites for hydroxylation is 1. The second-order valence-electron chi connectivity index (χ2n) is 5.21. The van der Waals surface area contributed by atoms with Gasteiger partial charge in [-0.1, -0.05) is 11.6 Å². The van der Waals surface area contributed by atoms with Crippen LogP contribution in [0.4, 0.5) is 11.6 Å². The number of hydrogen-bond acceptors (Lipinski definition) is 4. The normalized spacial score (nSPS) is 10.5. The van der Waals surface area contributed by atoms with E-state index in [9.17, 15) is 4.79 Å². The van der Waals surface area contributed by atoms with Crippen molar-refractivity contribution in [2.75, 3.05) is 17.7 Å². The van der Waals surface area contributed by atoms with Crippen LogP contribution in [-0.2, 0) is 0 Å². The van der Waals surface area contributed by atoms with Crippen LogP contribution >= 0.6 is 22.9 Å². The Labute approximate surface area is 149 Å². The SMILES string of the molecule is CNc1nc(NC(=O)c2ccc(Cl)cc2)ccc1-c1ccc(C)s1. The molecule has 2 heterocycles. The van der Waals surface area contributed by atoms with E-state index in [1.807, 2.05) is 13.1 Å². The Bertz CT molecular complexity index is 874. The molecule has 0 aliphatic heterocycles. The number of anilines is 2. The fraction of sp³-hybridized carbons (Fsp3) is 0.111. The van der Waals surface area contributed by atoms with Crippen LogP contribution in [0.25, 0.3) is 10.4 Å². The van der Waals surface area contributed by atoms with Gasteiger partial charge < -0.3 is 10.6 Å². The topological polar surface area (TPSA) is 54.0 Å². The number of benzene rings is 1. The first-order valence-corrected chi connectivity index (χ1v) is 8.59. The molecule has 24 heavy (non-hydrogen) atoms. The van der Waals surface area contributed by atoms with E-state index in [0.29, 0.717) is 16.4 Å². The van der Waals surface area contributed by atoms with Crippen LogP contribution in [0.15, 0.2) is 48.5 Å². The number of hydrogen-bond donors (Lipinski definition) is 2. The van der Waals surface area contributed by atoms with Gasteiger partial charge in [0.05, 0.1) is 0 Å². The number of amides is 1. The van der Waals surface area contributed by atoms with E-state index >= 15 is 0 Å². The lowest BCUT2D eigenvalue weighted by Crippen LogP contribution is -2.13. The Morgan fingerprint density at radius 3 is 2.46 bits per heavy atom. The Hall–Kier alpha value is -2.37. The minimum absolute atomic E-state index is 0.221. The highest BCUT2D eigenvalue weighted by Gasteiger charge is 2.11. The number of nitrogens with zero attached hydrogens (tertiary/aromatic N) is 1. The minimum Gasteiger partial charge on any atom is -0.373 e. The second-order valence-corrected chi connectivity index (χ2v) is 6.94. The molecule has 0 saturated carbocycles. The number of carbonyl (C=O) groups excluding carboxylic acids is 1. The fourth-order valence-corrected chi connectivity index (χ4v) is 3.31. The van der Waals surface area contributed by atoms with Gasteiger partial charge in [-0.2, -0.15) is 0 Å². The summed E-state index contributed by atoms with van der Waals surface area (Å²) in [7, 11) is 1.82. The Morgan fingerprint density at radius 1 is 1.08 bits per heavy atom. The molecule has 122 valence electrons. The molecule has 2 aromatic heterocycles. The third-order valence-corrected chi connectivity index (χ3v) is 4.77.